The molecule has 1 aromatic heterocycles. The van der Waals surface area contributed by atoms with Crippen molar-refractivity contribution in [2.24, 2.45) is 0 Å². The standard InChI is InChI=1S/C17H20Cl2N2O3/c1-2-7-22-9-14-10-23-17(24-14,11-21-6-5-20-12-21)15-4-3-13(18)8-16(15)19/h3-6,8,12,14H,2,7,9-11H2,1H3. The van der Waals surface area contributed by atoms with Gasteiger partial charge in [0.1, 0.15) is 6.10 Å². The maximum absolute atomic E-state index is 6.41. The zero-order chi connectivity index (χ0) is 17.0. The van der Waals surface area contributed by atoms with Gasteiger partial charge in [-0.05, 0) is 18.6 Å². The zero-order valence-electron chi connectivity index (χ0n) is 13.5. The van der Waals surface area contributed by atoms with Gasteiger partial charge >= 0.3 is 0 Å². The molecule has 0 N–H and O–H groups in total. The van der Waals surface area contributed by atoms with E-state index in [1.807, 2.05) is 16.8 Å². The molecule has 1 aromatic carbocycles. The second kappa shape index (κ2) is 7.85. The van der Waals surface area contributed by atoms with Crippen molar-refractivity contribution in [2.45, 2.75) is 31.8 Å². The van der Waals surface area contributed by atoms with Gasteiger partial charge in [-0.25, -0.2) is 4.98 Å². The predicted octanol–water partition coefficient (Wildman–Crippen LogP) is 3.88. The molecular weight excluding hydrogens is 351 g/mol. The molecule has 0 aliphatic carbocycles. The molecule has 24 heavy (non-hydrogen) atoms. The maximum atomic E-state index is 6.41. The Balaban J connectivity index is 1.85. The van der Waals surface area contributed by atoms with E-state index in [-0.39, 0.29) is 6.10 Å². The molecule has 1 aliphatic rings. The van der Waals surface area contributed by atoms with Gasteiger partial charge in [0, 0.05) is 29.6 Å². The van der Waals surface area contributed by atoms with E-state index < -0.39 is 5.79 Å². The van der Waals surface area contributed by atoms with Crippen LogP contribution in [0.3, 0.4) is 0 Å². The van der Waals surface area contributed by atoms with E-state index in [9.17, 15) is 0 Å². The molecule has 1 saturated heterocycles. The Kier molecular flexibility index (Phi) is 5.79. The summed E-state index contributed by atoms with van der Waals surface area (Å²) in [6, 6.07) is 5.32. The van der Waals surface area contributed by atoms with E-state index in [4.69, 9.17) is 37.4 Å². The number of halogens is 2. The minimum atomic E-state index is -0.984. The first-order valence-electron chi connectivity index (χ1n) is 7.94. The molecule has 2 atom stereocenters. The number of imidazole rings is 1. The van der Waals surface area contributed by atoms with E-state index in [0.717, 1.165) is 12.0 Å². The average Bonchev–Trinajstić information content (AvgIpc) is 3.19. The Labute approximate surface area is 151 Å². The highest BCUT2D eigenvalue weighted by Crippen LogP contribution is 2.40. The van der Waals surface area contributed by atoms with Gasteiger partial charge in [-0.15, -0.1) is 0 Å². The number of rotatable bonds is 7. The van der Waals surface area contributed by atoms with Crippen LogP contribution in [-0.4, -0.2) is 35.5 Å². The molecule has 2 aromatic rings. The van der Waals surface area contributed by atoms with Crippen molar-refractivity contribution in [3.63, 3.8) is 0 Å². The van der Waals surface area contributed by atoms with Crippen LogP contribution in [0.5, 0.6) is 0 Å². The van der Waals surface area contributed by atoms with E-state index >= 15 is 0 Å². The molecular formula is C17H20Cl2N2O3. The van der Waals surface area contributed by atoms with Crippen molar-refractivity contribution in [2.75, 3.05) is 19.8 Å². The monoisotopic (exact) mass is 370 g/mol. The van der Waals surface area contributed by atoms with E-state index in [0.29, 0.717) is 36.4 Å². The fraction of sp³-hybridized carbons (Fsp3) is 0.471. The van der Waals surface area contributed by atoms with Crippen LogP contribution in [0.15, 0.2) is 36.9 Å². The summed E-state index contributed by atoms with van der Waals surface area (Å²) in [5, 5.41) is 1.08. The zero-order valence-corrected chi connectivity index (χ0v) is 15.0. The highest BCUT2D eigenvalue weighted by atomic mass is 35.5. The van der Waals surface area contributed by atoms with Gasteiger partial charge in [0.15, 0.2) is 0 Å². The fourth-order valence-electron chi connectivity index (χ4n) is 2.73. The highest BCUT2D eigenvalue weighted by molar-refractivity contribution is 6.35. The maximum Gasteiger partial charge on any atom is 0.215 e. The number of aromatic nitrogens is 2. The second-order valence-electron chi connectivity index (χ2n) is 5.74. The number of nitrogens with zero attached hydrogens (tertiary/aromatic N) is 2. The van der Waals surface area contributed by atoms with Crippen LogP contribution in [-0.2, 0) is 26.5 Å². The SMILES string of the molecule is CCCOCC1COC(Cn2ccnc2)(c2ccc(Cl)cc2Cl)O1. The smallest absolute Gasteiger partial charge is 0.215 e. The normalized spacial score (nSPS) is 23.7. The van der Waals surface area contributed by atoms with Crippen LogP contribution in [0.4, 0.5) is 0 Å². The summed E-state index contributed by atoms with van der Waals surface area (Å²) in [7, 11) is 0. The Morgan fingerprint density at radius 2 is 2.29 bits per heavy atom. The summed E-state index contributed by atoms with van der Waals surface area (Å²) in [6.45, 7) is 4.15. The minimum absolute atomic E-state index is 0.146. The molecule has 0 spiro atoms. The van der Waals surface area contributed by atoms with Crippen molar-refractivity contribution in [1.29, 1.82) is 0 Å². The van der Waals surface area contributed by atoms with E-state index in [1.165, 1.54) is 0 Å². The third kappa shape index (κ3) is 3.92. The van der Waals surface area contributed by atoms with Crippen LogP contribution in [0, 0.1) is 0 Å². The summed E-state index contributed by atoms with van der Waals surface area (Å²) in [5.41, 5.74) is 0.750. The van der Waals surface area contributed by atoms with Crippen LogP contribution in [0.25, 0.3) is 0 Å². The molecule has 0 bridgehead atoms. The molecule has 1 fully saturated rings. The summed E-state index contributed by atoms with van der Waals surface area (Å²) in [5.74, 6) is -0.984. The second-order valence-corrected chi connectivity index (χ2v) is 6.58. The summed E-state index contributed by atoms with van der Waals surface area (Å²) >= 11 is 12.4. The molecule has 2 heterocycles. The van der Waals surface area contributed by atoms with E-state index in [1.54, 1.807) is 24.7 Å². The number of hydrogen-bond donors (Lipinski definition) is 0. The first-order valence-corrected chi connectivity index (χ1v) is 8.69. The quantitative estimate of drug-likeness (QED) is 0.693. The predicted molar refractivity (Wildman–Crippen MR) is 92.3 cm³/mol. The lowest BCUT2D eigenvalue weighted by Crippen LogP contribution is -2.34. The Morgan fingerprint density at radius 3 is 3.00 bits per heavy atom. The molecule has 0 amide bonds. The molecule has 2 unspecified atom stereocenters. The topological polar surface area (TPSA) is 45.5 Å². The number of hydrogen-bond acceptors (Lipinski definition) is 4. The Morgan fingerprint density at radius 1 is 1.42 bits per heavy atom. The lowest BCUT2D eigenvalue weighted by atomic mass is 10.1. The van der Waals surface area contributed by atoms with Gasteiger partial charge in [-0.3, -0.25) is 0 Å². The number of benzene rings is 1. The molecule has 0 radical (unpaired) electrons. The van der Waals surface area contributed by atoms with Crippen molar-refractivity contribution < 1.29 is 14.2 Å². The van der Waals surface area contributed by atoms with Gasteiger partial charge in [0.05, 0.1) is 31.1 Å². The minimum Gasteiger partial charge on any atom is -0.379 e. The van der Waals surface area contributed by atoms with Crippen LogP contribution in [0.2, 0.25) is 10.0 Å². The molecule has 7 heteroatoms. The first-order chi connectivity index (χ1) is 11.6. The molecule has 0 saturated carbocycles. The first kappa shape index (κ1) is 17.7. The fourth-order valence-corrected chi connectivity index (χ4v) is 3.29. The third-order valence-corrected chi connectivity index (χ3v) is 4.35. The van der Waals surface area contributed by atoms with Crippen molar-refractivity contribution in [3.05, 3.63) is 52.5 Å². The average molecular weight is 371 g/mol. The van der Waals surface area contributed by atoms with Crippen molar-refractivity contribution in [1.82, 2.24) is 9.55 Å². The van der Waals surface area contributed by atoms with Crippen molar-refractivity contribution >= 4 is 23.2 Å². The van der Waals surface area contributed by atoms with Gasteiger partial charge in [0.25, 0.3) is 0 Å². The van der Waals surface area contributed by atoms with Gasteiger partial charge in [-0.2, -0.15) is 0 Å². The molecule has 130 valence electrons. The van der Waals surface area contributed by atoms with Gasteiger partial charge < -0.3 is 18.8 Å². The van der Waals surface area contributed by atoms with Gasteiger partial charge in [-0.1, -0.05) is 36.2 Å². The van der Waals surface area contributed by atoms with Crippen LogP contribution < -0.4 is 0 Å². The Bertz CT molecular complexity index is 666. The number of ether oxygens (including phenoxy) is 3. The Hall–Kier alpha value is -1.11. The van der Waals surface area contributed by atoms with E-state index in [2.05, 4.69) is 11.9 Å². The lowest BCUT2D eigenvalue weighted by molar-refractivity contribution is -0.191. The summed E-state index contributed by atoms with van der Waals surface area (Å²) in [6.07, 6.45) is 6.12. The lowest BCUT2D eigenvalue weighted by Gasteiger charge is -2.30. The van der Waals surface area contributed by atoms with Gasteiger partial charge in [0.2, 0.25) is 5.79 Å². The van der Waals surface area contributed by atoms with Crippen LogP contribution >= 0.6 is 23.2 Å². The third-order valence-electron chi connectivity index (χ3n) is 3.80. The summed E-state index contributed by atoms with van der Waals surface area (Å²) in [4.78, 5) is 4.08. The molecule has 5 nitrogen and oxygen atoms in total. The molecule has 1 aliphatic heterocycles. The van der Waals surface area contributed by atoms with Crippen LogP contribution in [0.1, 0.15) is 18.9 Å². The summed E-state index contributed by atoms with van der Waals surface area (Å²) < 4.78 is 19.8. The van der Waals surface area contributed by atoms with Crippen molar-refractivity contribution in [3.8, 4) is 0 Å². The largest absolute Gasteiger partial charge is 0.379 e. The molecule has 3 rings (SSSR count). The highest BCUT2D eigenvalue weighted by Gasteiger charge is 2.45.